The summed E-state index contributed by atoms with van der Waals surface area (Å²) in [5.41, 5.74) is 6.72. The van der Waals surface area contributed by atoms with Crippen LogP contribution in [0, 0.1) is 13.8 Å². The lowest BCUT2D eigenvalue weighted by Crippen LogP contribution is -2.57. The van der Waals surface area contributed by atoms with Crippen LogP contribution in [0.5, 0.6) is 5.06 Å². The summed E-state index contributed by atoms with van der Waals surface area (Å²) >= 11 is 1.27. The number of pyridine rings is 1. The minimum absolute atomic E-state index is 0.0953. The Balaban J connectivity index is 1.25. The molecule has 2 N–H and O–H groups in total. The third kappa shape index (κ3) is 5.25. The summed E-state index contributed by atoms with van der Waals surface area (Å²) in [4.78, 5) is 30.6. The number of fused-ring (bicyclic) bond motifs is 1. The first-order valence-corrected chi connectivity index (χ1v) is 15.0. The van der Waals surface area contributed by atoms with Crippen molar-refractivity contribution < 1.29 is 15.0 Å². The summed E-state index contributed by atoms with van der Waals surface area (Å²) in [7, 11) is 1.98. The fourth-order valence-electron chi connectivity index (χ4n) is 5.64. The number of aliphatic hydroxyl groups excluding tert-OH is 1. The van der Waals surface area contributed by atoms with Crippen LogP contribution in [0.15, 0.2) is 36.5 Å². The van der Waals surface area contributed by atoms with E-state index in [1.165, 1.54) is 11.3 Å². The molecular formula is C30H37N7O3S. The maximum atomic E-state index is 12.5. The minimum Gasteiger partial charge on any atom is -0.498 e. The second kappa shape index (κ2) is 11.0. The van der Waals surface area contributed by atoms with Crippen LogP contribution >= 0.6 is 11.3 Å². The molecular weight excluding hydrogens is 538 g/mol. The van der Waals surface area contributed by atoms with Gasteiger partial charge >= 0.3 is 0 Å². The average molecular weight is 576 g/mol. The predicted molar refractivity (Wildman–Crippen MR) is 163 cm³/mol. The Morgan fingerprint density at radius 2 is 1.80 bits per heavy atom. The Labute approximate surface area is 244 Å². The summed E-state index contributed by atoms with van der Waals surface area (Å²) in [6, 6.07) is 10.2. The van der Waals surface area contributed by atoms with Gasteiger partial charge in [-0.25, -0.2) is 9.97 Å². The molecule has 0 radical (unpaired) electrons. The number of thiazole rings is 1. The molecule has 10 nitrogen and oxygen atoms in total. The summed E-state index contributed by atoms with van der Waals surface area (Å²) in [5.74, 6) is 1.04. The number of amides is 1. The van der Waals surface area contributed by atoms with E-state index in [9.17, 15) is 15.0 Å². The highest BCUT2D eigenvalue weighted by molar-refractivity contribution is 7.17. The number of imidazole rings is 1. The smallest absolute Gasteiger partial charge is 0.236 e. The van der Waals surface area contributed by atoms with Crippen LogP contribution in [0.2, 0.25) is 0 Å². The maximum Gasteiger partial charge on any atom is 0.236 e. The third-order valence-corrected chi connectivity index (χ3v) is 9.04. The van der Waals surface area contributed by atoms with Crippen LogP contribution in [-0.2, 0) is 11.2 Å². The van der Waals surface area contributed by atoms with Gasteiger partial charge in [-0.3, -0.25) is 14.1 Å². The number of β-amino-alcohol motifs (C(OH)–C–C–N with tert-alkyl or cyclic N) is 1. The number of nitrogens with zero attached hydrogens (tertiary/aromatic N) is 7. The summed E-state index contributed by atoms with van der Waals surface area (Å²) in [6.45, 7) is 10.8. The Morgan fingerprint density at radius 1 is 1.10 bits per heavy atom. The zero-order valence-electron chi connectivity index (χ0n) is 24.0. The molecule has 0 saturated carbocycles. The molecule has 2 saturated heterocycles. The maximum absolute atomic E-state index is 12.5. The molecule has 1 aromatic carbocycles. The summed E-state index contributed by atoms with van der Waals surface area (Å²) in [6.07, 6.45) is 2.54. The number of likely N-dealkylation sites (tertiary alicyclic amines) is 1. The van der Waals surface area contributed by atoms with Gasteiger partial charge in [-0.05, 0) is 31.9 Å². The lowest BCUT2D eigenvalue weighted by molar-refractivity contribution is -0.142. The van der Waals surface area contributed by atoms with Crippen molar-refractivity contribution in [3.8, 4) is 16.3 Å². The van der Waals surface area contributed by atoms with Crippen LogP contribution in [-0.4, -0.2) is 99.3 Å². The number of carbonyl (C=O) groups excluding carboxylic acids is 1. The number of aromatic nitrogens is 3. The van der Waals surface area contributed by atoms with Gasteiger partial charge in [0, 0.05) is 58.1 Å². The first kappa shape index (κ1) is 27.5. The number of anilines is 3. The fourth-order valence-corrected chi connectivity index (χ4v) is 6.44. The van der Waals surface area contributed by atoms with E-state index < -0.39 is 0 Å². The normalized spacial score (nSPS) is 16.4. The van der Waals surface area contributed by atoms with E-state index in [-0.39, 0.29) is 17.1 Å². The molecule has 0 aliphatic carbocycles. The molecule has 2 fully saturated rings. The lowest BCUT2D eigenvalue weighted by atomic mass is 10.1. The van der Waals surface area contributed by atoms with Gasteiger partial charge in [-0.2, -0.15) is 0 Å². The highest BCUT2D eigenvalue weighted by Gasteiger charge is 2.30. The largest absolute Gasteiger partial charge is 0.498 e. The van der Waals surface area contributed by atoms with Gasteiger partial charge in [0.05, 0.1) is 24.0 Å². The third-order valence-electron chi connectivity index (χ3n) is 8.11. The van der Waals surface area contributed by atoms with Crippen molar-refractivity contribution in [1.82, 2.24) is 24.2 Å². The zero-order chi connectivity index (χ0) is 28.8. The minimum atomic E-state index is -0.370. The first-order valence-electron chi connectivity index (χ1n) is 14.2. The number of piperazine rings is 1. The van der Waals surface area contributed by atoms with Crippen molar-refractivity contribution in [2.45, 2.75) is 33.3 Å². The van der Waals surface area contributed by atoms with Crippen molar-refractivity contribution in [3.05, 3.63) is 53.3 Å². The summed E-state index contributed by atoms with van der Waals surface area (Å²) < 4.78 is 2.15. The SMILES string of the molecule is CCc1nc2c(C)cc(N3CCN(CC(=O)N4CC(O)C4)CC3)cn2c1N(C)c1nc(-c2ccc(C)cc2)c(O)s1. The molecule has 41 heavy (non-hydrogen) atoms. The second-order valence-corrected chi connectivity index (χ2v) is 12.1. The second-order valence-electron chi connectivity index (χ2n) is 11.1. The van der Waals surface area contributed by atoms with E-state index in [4.69, 9.17) is 9.97 Å². The van der Waals surface area contributed by atoms with Crippen LogP contribution in [0.1, 0.15) is 23.7 Å². The molecule has 1 amide bonds. The molecule has 3 aromatic heterocycles. The van der Waals surface area contributed by atoms with Gasteiger partial charge in [0.15, 0.2) is 5.13 Å². The molecule has 0 spiro atoms. The van der Waals surface area contributed by atoms with Crippen LogP contribution in [0.4, 0.5) is 16.6 Å². The van der Waals surface area contributed by atoms with Gasteiger partial charge in [-0.15, -0.1) is 0 Å². The van der Waals surface area contributed by atoms with Crippen molar-refractivity contribution in [1.29, 1.82) is 0 Å². The molecule has 2 aliphatic heterocycles. The van der Waals surface area contributed by atoms with E-state index in [1.54, 1.807) is 4.90 Å². The lowest BCUT2D eigenvalue weighted by Gasteiger charge is -2.39. The standard InChI is InChI=1S/C30H37N7O3S/c1-5-24-28(33(4)30-32-26(29(40)41-30)21-8-6-19(2)7-9-21)37-15-22(14-20(3)27(37)31-24)35-12-10-34(11-13-35)18-25(39)36-16-23(38)17-36/h6-9,14-15,23,38,40H,5,10-13,16-18H2,1-4H3. The number of rotatable bonds is 7. The highest BCUT2D eigenvalue weighted by Crippen LogP contribution is 2.41. The van der Waals surface area contributed by atoms with Crippen molar-refractivity contribution in [3.63, 3.8) is 0 Å². The average Bonchev–Trinajstić information content (AvgIpc) is 3.52. The Bertz CT molecular complexity index is 1570. The van der Waals surface area contributed by atoms with Gasteiger partial charge in [0.2, 0.25) is 11.0 Å². The number of hydrogen-bond acceptors (Lipinski definition) is 9. The van der Waals surface area contributed by atoms with Gasteiger partial charge in [0.25, 0.3) is 0 Å². The molecule has 4 aromatic rings. The topological polar surface area (TPSA) is 101 Å². The number of carbonyl (C=O) groups is 1. The monoisotopic (exact) mass is 575 g/mol. The molecule has 0 atom stereocenters. The highest BCUT2D eigenvalue weighted by atomic mass is 32.1. The van der Waals surface area contributed by atoms with Crippen molar-refractivity contribution in [2.24, 2.45) is 0 Å². The predicted octanol–water partition coefficient (Wildman–Crippen LogP) is 3.44. The van der Waals surface area contributed by atoms with E-state index in [0.29, 0.717) is 30.5 Å². The molecule has 0 unspecified atom stereocenters. The van der Waals surface area contributed by atoms with Gasteiger partial charge in [-0.1, -0.05) is 48.1 Å². The fraction of sp³-hybridized carbons (Fsp3) is 0.433. The van der Waals surface area contributed by atoms with Gasteiger partial charge < -0.3 is 24.9 Å². The molecule has 2 aliphatic rings. The quantitative estimate of drug-likeness (QED) is 0.346. The zero-order valence-corrected chi connectivity index (χ0v) is 24.9. The Kier molecular flexibility index (Phi) is 7.35. The van der Waals surface area contributed by atoms with Gasteiger partial charge in [0.1, 0.15) is 17.2 Å². The van der Waals surface area contributed by atoms with Crippen LogP contribution in [0.3, 0.4) is 0 Å². The molecule has 11 heteroatoms. The van der Waals surface area contributed by atoms with E-state index >= 15 is 0 Å². The van der Waals surface area contributed by atoms with Crippen molar-refractivity contribution >= 4 is 39.5 Å². The van der Waals surface area contributed by atoms with Crippen LogP contribution in [0.25, 0.3) is 16.9 Å². The number of aryl methyl sites for hydroxylation is 3. The van der Waals surface area contributed by atoms with E-state index in [2.05, 4.69) is 40.3 Å². The number of hydrogen-bond donors (Lipinski definition) is 2. The Morgan fingerprint density at radius 3 is 2.46 bits per heavy atom. The number of aliphatic hydroxyl groups is 1. The van der Waals surface area contributed by atoms with E-state index in [1.807, 2.05) is 43.1 Å². The molecule has 0 bridgehead atoms. The van der Waals surface area contributed by atoms with E-state index in [0.717, 1.165) is 72.1 Å². The van der Waals surface area contributed by atoms with Crippen molar-refractivity contribution in [2.75, 3.05) is 62.7 Å². The van der Waals surface area contributed by atoms with Crippen LogP contribution < -0.4 is 9.80 Å². The number of aromatic hydroxyl groups is 1. The molecule has 6 rings (SSSR count). The molecule has 5 heterocycles. The number of benzene rings is 1. The summed E-state index contributed by atoms with van der Waals surface area (Å²) in [5, 5.41) is 21.2. The Hall–Kier alpha value is -3.67. The molecule has 216 valence electrons. The first-order chi connectivity index (χ1) is 19.7.